The molecule has 41 heavy (non-hydrogen) atoms. The van der Waals surface area contributed by atoms with Crippen molar-refractivity contribution in [3.63, 3.8) is 0 Å². The number of carbonyl (C=O) groups excluding carboxylic acids is 1. The molecule has 0 amide bonds. The summed E-state index contributed by atoms with van der Waals surface area (Å²) in [5.41, 5.74) is -11.9. The van der Waals surface area contributed by atoms with Gasteiger partial charge in [0.1, 0.15) is 26.9 Å². The van der Waals surface area contributed by atoms with E-state index < -0.39 is 77.8 Å². The quantitative estimate of drug-likeness (QED) is 0.117. The van der Waals surface area contributed by atoms with Gasteiger partial charge in [0.15, 0.2) is 0 Å². The maximum Gasteiger partial charge on any atom is 0.462 e. The number of ether oxygens (including phenoxy) is 3. The van der Waals surface area contributed by atoms with E-state index in [4.69, 9.17) is 12.2 Å². The van der Waals surface area contributed by atoms with Crippen molar-refractivity contribution < 1.29 is 80.5 Å². The van der Waals surface area contributed by atoms with Crippen molar-refractivity contribution in [2.45, 2.75) is 87.3 Å². The van der Waals surface area contributed by atoms with Crippen LogP contribution in [0.3, 0.4) is 0 Å². The average Bonchev–Trinajstić information content (AvgIpc) is 2.73. The summed E-state index contributed by atoms with van der Waals surface area (Å²) < 4.78 is 201. The van der Waals surface area contributed by atoms with E-state index in [1.807, 2.05) is 0 Å². The summed E-state index contributed by atoms with van der Waals surface area (Å²) in [5.74, 6) is -12.0. The lowest BCUT2D eigenvalue weighted by Gasteiger charge is -2.44. The Labute approximate surface area is 238 Å². The van der Waals surface area contributed by atoms with E-state index in [9.17, 15) is 61.9 Å². The van der Waals surface area contributed by atoms with Gasteiger partial charge in [0.05, 0.1) is 12.2 Å². The van der Waals surface area contributed by atoms with Crippen LogP contribution in [0.2, 0.25) is 0 Å². The number of rotatable bonds is 12. The predicted octanol–water partition coefficient (Wildman–Crippen LogP) is 8.13. The predicted molar refractivity (Wildman–Crippen MR) is 125 cm³/mol. The summed E-state index contributed by atoms with van der Waals surface area (Å²) in [6.45, 7) is -2.74. The van der Waals surface area contributed by atoms with E-state index in [0.29, 0.717) is 11.8 Å². The number of thiocarbonyl (C=S) groups is 1. The first-order chi connectivity index (χ1) is 17.8. The molecule has 0 spiro atoms. The van der Waals surface area contributed by atoms with Crippen LogP contribution in [-0.4, -0.2) is 81.6 Å². The summed E-state index contributed by atoms with van der Waals surface area (Å²) in [4.78, 5) is 12.0. The van der Waals surface area contributed by atoms with Gasteiger partial charge < -0.3 is 14.2 Å². The smallest absolute Gasteiger partial charge is 0.461 e. The van der Waals surface area contributed by atoms with Crippen molar-refractivity contribution in [1.82, 2.24) is 0 Å². The average molecular weight is 691 g/mol. The molecule has 21 heteroatoms. The topological polar surface area (TPSA) is 44.8 Å². The highest BCUT2D eigenvalue weighted by molar-refractivity contribution is 8.47. The monoisotopic (exact) mass is 690 g/mol. The molecular weight excluding hydrogens is 666 g/mol. The highest BCUT2D eigenvalue weighted by Crippen LogP contribution is 2.51. The Morgan fingerprint density at radius 3 is 1.66 bits per heavy atom. The van der Waals surface area contributed by atoms with Gasteiger partial charge in [-0.05, 0) is 40.9 Å². The zero-order valence-corrected chi connectivity index (χ0v) is 24.2. The molecule has 0 aromatic carbocycles. The standard InChI is InChI=1S/C20H24F14O4S3/c1-9(41-12(39)40-6)11(35)36-8-15(21,18(27,28)29)14(4,5)37-7-10(16(22,23)24)13(2,3)38-20(33,34)17(25,26)19(30,31)32/h9-10H,7-8H2,1-6H3. The second-order valence-electron chi connectivity index (χ2n) is 9.33. The number of carbonyl (C=O) groups is 1. The summed E-state index contributed by atoms with van der Waals surface area (Å²) in [7, 11) is 0. The number of esters is 1. The number of hydrogen-bond acceptors (Lipinski definition) is 7. The molecule has 0 heterocycles. The molecule has 3 atom stereocenters. The van der Waals surface area contributed by atoms with E-state index in [-0.39, 0.29) is 31.2 Å². The molecule has 0 aliphatic rings. The van der Waals surface area contributed by atoms with Crippen LogP contribution in [0.4, 0.5) is 61.5 Å². The fraction of sp³-hybridized carbons (Fsp3) is 0.900. The van der Waals surface area contributed by atoms with Crippen LogP contribution < -0.4 is 0 Å². The first-order valence-electron chi connectivity index (χ1n) is 10.7. The lowest BCUT2D eigenvalue weighted by Crippen LogP contribution is -2.63. The molecule has 0 rings (SSSR count). The Kier molecular flexibility index (Phi) is 12.8. The highest BCUT2D eigenvalue weighted by atomic mass is 32.2. The molecule has 0 aromatic rings. The van der Waals surface area contributed by atoms with Gasteiger partial charge in [-0.15, -0.1) is 11.8 Å². The van der Waals surface area contributed by atoms with E-state index in [2.05, 4.69) is 14.2 Å². The van der Waals surface area contributed by atoms with E-state index in [1.54, 1.807) is 0 Å². The van der Waals surface area contributed by atoms with Crippen LogP contribution in [0, 0.1) is 5.92 Å². The molecule has 4 nitrogen and oxygen atoms in total. The van der Waals surface area contributed by atoms with Gasteiger partial charge in [0, 0.05) is 0 Å². The van der Waals surface area contributed by atoms with Gasteiger partial charge in [-0.25, -0.2) is 4.39 Å². The number of hydrogen-bond donors (Lipinski definition) is 0. The maximum absolute atomic E-state index is 15.4. The minimum absolute atomic E-state index is 0.00576. The van der Waals surface area contributed by atoms with E-state index >= 15 is 4.39 Å². The Bertz CT molecular complexity index is 918. The van der Waals surface area contributed by atoms with Crippen LogP contribution >= 0.6 is 35.7 Å². The normalized spacial score (nSPS) is 17.6. The SMILES string of the molecule is CSC(=S)SC(C)C(=O)OCC(F)(C(F)(F)F)C(C)(C)OCC(C(F)(F)F)C(C)(C)OC(F)(F)C(F)(F)C(F)(F)F. The third-order valence-electron chi connectivity index (χ3n) is 5.55. The zero-order valence-electron chi connectivity index (χ0n) is 21.7. The Hall–Kier alpha value is -0.800. The highest BCUT2D eigenvalue weighted by Gasteiger charge is 2.76. The van der Waals surface area contributed by atoms with E-state index in [0.717, 1.165) is 18.7 Å². The molecule has 0 aromatic heterocycles. The minimum atomic E-state index is -6.99. The molecule has 244 valence electrons. The van der Waals surface area contributed by atoms with Gasteiger partial charge in [-0.1, -0.05) is 24.0 Å². The van der Waals surface area contributed by atoms with Crippen molar-refractivity contribution in [1.29, 1.82) is 0 Å². The largest absolute Gasteiger partial charge is 0.462 e. The lowest BCUT2D eigenvalue weighted by atomic mass is 9.86. The van der Waals surface area contributed by atoms with Crippen LogP contribution in [0.25, 0.3) is 0 Å². The first-order valence-corrected chi connectivity index (χ1v) is 13.2. The maximum atomic E-state index is 15.4. The van der Waals surface area contributed by atoms with Crippen LogP contribution in [0.1, 0.15) is 34.6 Å². The van der Waals surface area contributed by atoms with Gasteiger partial charge in [-0.3, -0.25) is 4.79 Å². The summed E-state index contributed by atoms with van der Waals surface area (Å²) in [5, 5.41) is -1.25. The number of alkyl halides is 14. The fourth-order valence-corrected chi connectivity index (χ4v) is 4.56. The number of thioether (sulfide) groups is 2. The van der Waals surface area contributed by atoms with Gasteiger partial charge in [0.25, 0.3) is 5.67 Å². The molecule has 0 saturated carbocycles. The lowest BCUT2D eigenvalue weighted by molar-refractivity contribution is -0.449. The Balaban J connectivity index is 6.18. The van der Waals surface area contributed by atoms with Crippen molar-refractivity contribution in [3.8, 4) is 0 Å². The van der Waals surface area contributed by atoms with Crippen LogP contribution in [-0.2, 0) is 19.0 Å². The molecule has 0 N–H and O–H groups in total. The summed E-state index contributed by atoms with van der Waals surface area (Å²) in [6.07, 6.45) is -23.9. The summed E-state index contributed by atoms with van der Waals surface area (Å²) >= 11 is 6.46. The van der Waals surface area contributed by atoms with E-state index in [1.165, 1.54) is 6.26 Å². The molecule has 0 fully saturated rings. The van der Waals surface area contributed by atoms with Crippen LogP contribution in [0.5, 0.6) is 0 Å². The molecule has 0 aliphatic carbocycles. The minimum Gasteiger partial charge on any atom is -0.461 e. The molecule has 0 saturated heterocycles. The second-order valence-corrected chi connectivity index (χ2v) is 12.7. The van der Waals surface area contributed by atoms with Gasteiger partial charge in [-0.2, -0.15) is 57.1 Å². The summed E-state index contributed by atoms with van der Waals surface area (Å²) in [6, 6.07) is 0. The third-order valence-corrected chi connectivity index (χ3v) is 8.20. The molecular formula is C20H24F14O4S3. The first kappa shape index (κ1) is 40.2. The number of halogens is 14. The molecule has 3 unspecified atom stereocenters. The van der Waals surface area contributed by atoms with Crippen LogP contribution in [0.15, 0.2) is 0 Å². The van der Waals surface area contributed by atoms with Crippen molar-refractivity contribution in [2.24, 2.45) is 5.92 Å². The van der Waals surface area contributed by atoms with Gasteiger partial charge in [0.2, 0.25) is 0 Å². The zero-order chi connectivity index (χ0) is 33.3. The van der Waals surface area contributed by atoms with Crippen molar-refractivity contribution in [3.05, 3.63) is 0 Å². The third kappa shape index (κ3) is 9.59. The molecule has 0 aliphatic heterocycles. The van der Waals surface area contributed by atoms with Crippen molar-refractivity contribution >= 4 is 45.2 Å². The molecule has 0 radical (unpaired) electrons. The van der Waals surface area contributed by atoms with Gasteiger partial charge >= 0.3 is 36.5 Å². The fourth-order valence-electron chi connectivity index (χ4n) is 2.85. The second kappa shape index (κ2) is 13.1. The Morgan fingerprint density at radius 2 is 1.29 bits per heavy atom. The Morgan fingerprint density at radius 1 is 0.829 bits per heavy atom. The molecule has 0 bridgehead atoms. The van der Waals surface area contributed by atoms with Crippen molar-refractivity contribution in [2.75, 3.05) is 19.5 Å².